The predicted octanol–water partition coefficient (Wildman–Crippen LogP) is 3.69. The summed E-state index contributed by atoms with van der Waals surface area (Å²) in [5.41, 5.74) is 1.57. The Balaban J connectivity index is 1.26. The number of piperidine rings is 3. The Morgan fingerprint density at radius 3 is 2.54 bits per heavy atom. The molecule has 0 spiro atoms. The minimum atomic E-state index is -4.36. The van der Waals surface area contributed by atoms with Gasteiger partial charge in [-0.1, -0.05) is 12.1 Å². The molecule has 0 radical (unpaired) electrons. The van der Waals surface area contributed by atoms with Crippen molar-refractivity contribution >= 4 is 6.03 Å². The Hall–Kier alpha value is -2.72. The summed E-state index contributed by atoms with van der Waals surface area (Å²) in [6, 6.07) is 7.33. The number of carbonyl (C=O) groups is 1. The second kappa shape index (κ2) is 9.73. The van der Waals surface area contributed by atoms with E-state index in [-0.39, 0.29) is 11.9 Å². The molecule has 4 aliphatic rings. The van der Waals surface area contributed by atoms with Crippen LogP contribution < -0.4 is 5.32 Å². The van der Waals surface area contributed by atoms with Crippen LogP contribution in [0.1, 0.15) is 35.8 Å². The molecule has 188 valence electrons. The molecular weight excluding hydrogens is 459 g/mol. The molecule has 1 aromatic carbocycles. The van der Waals surface area contributed by atoms with Gasteiger partial charge in [-0.2, -0.15) is 13.2 Å². The second-order valence-electron chi connectivity index (χ2n) is 9.63. The lowest BCUT2D eigenvalue weighted by Crippen LogP contribution is -2.57. The lowest BCUT2D eigenvalue weighted by atomic mass is 9.74. The number of fused-ring (bicyclic) bond motifs is 3. The number of carbonyl (C=O) groups excluding carboxylic acids is 1. The highest BCUT2D eigenvalue weighted by molar-refractivity contribution is 5.74. The van der Waals surface area contributed by atoms with Crippen molar-refractivity contribution in [3.8, 4) is 11.3 Å². The van der Waals surface area contributed by atoms with Crippen molar-refractivity contribution in [3.63, 3.8) is 0 Å². The highest BCUT2D eigenvalue weighted by Gasteiger charge is 2.41. The van der Waals surface area contributed by atoms with E-state index in [4.69, 9.17) is 9.72 Å². The van der Waals surface area contributed by atoms with Gasteiger partial charge in [0, 0.05) is 49.4 Å². The van der Waals surface area contributed by atoms with Gasteiger partial charge in [0.05, 0.1) is 24.5 Å². The van der Waals surface area contributed by atoms with Crippen LogP contribution in [-0.2, 0) is 10.9 Å². The van der Waals surface area contributed by atoms with E-state index in [1.807, 2.05) is 13.0 Å². The Labute approximate surface area is 202 Å². The molecule has 5 heterocycles. The number of rotatable bonds is 4. The maximum Gasteiger partial charge on any atom is 0.416 e. The van der Waals surface area contributed by atoms with Crippen LogP contribution in [0.5, 0.6) is 0 Å². The number of hydrogen-bond donors (Lipinski definition) is 1. The number of halogens is 3. The molecule has 7 nitrogen and oxygen atoms in total. The van der Waals surface area contributed by atoms with Crippen molar-refractivity contribution in [2.75, 3.05) is 45.9 Å². The maximum absolute atomic E-state index is 12.9. The number of ether oxygens (including phenoxy) is 1. The van der Waals surface area contributed by atoms with E-state index in [2.05, 4.69) is 15.2 Å². The lowest BCUT2D eigenvalue weighted by Gasteiger charge is -2.50. The second-order valence-corrected chi connectivity index (χ2v) is 9.63. The fourth-order valence-corrected chi connectivity index (χ4v) is 5.53. The zero-order valence-corrected chi connectivity index (χ0v) is 19.7. The van der Waals surface area contributed by atoms with E-state index in [0.29, 0.717) is 61.9 Å². The molecular formula is C25H30F3N5O2. The van der Waals surface area contributed by atoms with Gasteiger partial charge in [-0.3, -0.25) is 4.90 Å². The third-order valence-electron chi connectivity index (χ3n) is 7.41. The minimum Gasteiger partial charge on any atom is -0.378 e. The highest BCUT2D eigenvalue weighted by Crippen LogP contribution is 2.42. The van der Waals surface area contributed by atoms with Gasteiger partial charge >= 0.3 is 12.2 Å². The van der Waals surface area contributed by atoms with E-state index in [1.54, 1.807) is 4.90 Å². The van der Waals surface area contributed by atoms with Gasteiger partial charge in [0.1, 0.15) is 5.82 Å². The number of morpholine rings is 1. The first kappa shape index (κ1) is 24.0. The summed E-state index contributed by atoms with van der Waals surface area (Å²) in [7, 11) is 0. The number of benzene rings is 1. The lowest BCUT2D eigenvalue weighted by molar-refractivity contribution is -0.137. The Kier molecular flexibility index (Phi) is 6.67. The smallest absolute Gasteiger partial charge is 0.378 e. The number of amides is 2. The average molecular weight is 490 g/mol. The van der Waals surface area contributed by atoms with Crippen LogP contribution in [0.4, 0.5) is 18.0 Å². The van der Waals surface area contributed by atoms with Gasteiger partial charge in [0.15, 0.2) is 0 Å². The summed E-state index contributed by atoms with van der Waals surface area (Å²) < 4.78 is 44.1. The van der Waals surface area contributed by atoms with Crippen LogP contribution >= 0.6 is 0 Å². The number of aromatic nitrogens is 2. The summed E-state index contributed by atoms with van der Waals surface area (Å²) in [5, 5.41) is 3.10. The normalized spacial score (nSPS) is 26.6. The van der Waals surface area contributed by atoms with Crippen molar-refractivity contribution in [1.29, 1.82) is 0 Å². The van der Waals surface area contributed by atoms with Crippen molar-refractivity contribution in [2.24, 2.45) is 5.92 Å². The van der Waals surface area contributed by atoms with Gasteiger partial charge in [-0.15, -0.1) is 0 Å². The molecule has 1 N–H and O–H groups in total. The zero-order valence-electron chi connectivity index (χ0n) is 19.7. The van der Waals surface area contributed by atoms with Gasteiger partial charge in [0.25, 0.3) is 0 Å². The van der Waals surface area contributed by atoms with Crippen LogP contribution in [0.2, 0.25) is 0 Å². The molecule has 4 aliphatic heterocycles. The molecule has 35 heavy (non-hydrogen) atoms. The third-order valence-corrected chi connectivity index (χ3v) is 7.41. The molecule has 4 fully saturated rings. The monoisotopic (exact) mass is 489 g/mol. The molecule has 10 heteroatoms. The molecule has 0 aliphatic carbocycles. The molecule has 2 aromatic rings. The van der Waals surface area contributed by atoms with Gasteiger partial charge in [0.2, 0.25) is 0 Å². The molecule has 2 bridgehead atoms. The van der Waals surface area contributed by atoms with E-state index < -0.39 is 11.7 Å². The summed E-state index contributed by atoms with van der Waals surface area (Å²) in [6.07, 6.45) is -2.32. The van der Waals surface area contributed by atoms with Gasteiger partial charge in [-0.25, -0.2) is 14.8 Å². The predicted molar refractivity (Wildman–Crippen MR) is 124 cm³/mol. The van der Waals surface area contributed by atoms with Crippen LogP contribution in [0.15, 0.2) is 30.3 Å². The van der Waals surface area contributed by atoms with Crippen LogP contribution in [0.25, 0.3) is 11.3 Å². The van der Waals surface area contributed by atoms with Crippen molar-refractivity contribution < 1.29 is 22.7 Å². The Morgan fingerprint density at radius 2 is 1.89 bits per heavy atom. The first-order valence-electron chi connectivity index (χ1n) is 12.2. The highest BCUT2D eigenvalue weighted by atomic mass is 19.4. The summed E-state index contributed by atoms with van der Waals surface area (Å²) in [4.78, 5) is 25.9. The van der Waals surface area contributed by atoms with Crippen LogP contribution in [0.3, 0.4) is 0 Å². The Morgan fingerprint density at radius 1 is 1.14 bits per heavy atom. The summed E-state index contributed by atoms with van der Waals surface area (Å²) >= 11 is 0. The topological polar surface area (TPSA) is 70.6 Å². The number of urea groups is 1. The summed E-state index contributed by atoms with van der Waals surface area (Å²) in [6.45, 7) is 6.71. The molecule has 6 rings (SSSR count). The third kappa shape index (κ3) is 5.28. The number of alkyl halides is 3. The average Bonchev–Trinajstić information content (AvgIpc) is 2.87. The molecule has 1 aromatic heterocycles. The molecule has 1 unspecified atom stereocenters. The van der Waals surface area contributed by atoms with Gasteiger partial charge < -0.3 is 15.0 Å². The number of aryl methyl sites for hydroxylation is 1. The van der Waals surface area contributed by atoms with E-state index in [0.717, 1.165) is 43.8 Å². The maximum atomic E-state index is 12.9. The Bertz CT molecular complexity index is 1060. The first-order valence-corrected chi connectivity index (χ1v) is 12.2. The SMILES string of the molecule is Cc1nc(-c2ccc(C(F)(F)F)cc2)cc([C@@H]2CN3CC[C@H]2C[C@@H]3CNC(=O)N2CCOCC2)n1. The van der Waals surface area contributed by atoms with Crippen LogP contribution in [0, 0.1) is 12.8 Å². The van der Waals surface area contributed by atoms with Crippen molar-refractivity contribution in [2.45, 2.75) is 37.9 Å². The molecule has 4 atom stereocenters. The van der Waals surface area contributed by atoms with Crippen molar-refractivity contribution in [1.82, 2.24) is 25.1 Å². The number of nitrogens with zero attached hydrogens (tertiary/aromatic N) is 4. The van der Waals surface area contributed by atoms with E-state index in [1.165, 1.54) is 12.1 Å². The van der Waals surface area contributed by atoms with E-state index >= 15 is 0 Å². The summed E-state index contributed by atoms with van der Waals surface area (Å²) in [5.74, 6) is 1.30. The van der Waals surface area contributed by atoms with E-state index in [9.17, 15) is 18.0 Å². The van der Waals surface area contributed by atoms with Crippen LogP contribution in [-0.4, -0.2) is 77.8 Å². The van der Waals surface area contributed by atoms with Gasteiger partial charge in [-0.05, 0) is 50.4 Å². The van der Waals surface area contributed by atoms with Crippen molar-refractivity contribution in [3.05, 3.63) is 47.4 Å². The fraction of sp³-hybridized carbons (Fsp3) is 0.560. The fourth-order valence-electron chi connectivity index (χ4n) is 5.53. The quantitative estimate of drug-likeness (QED) is 0.710. The zero-order chi connectivity index (χ0) is 24.6. The largest absolute Gasteiger partial charge is 0.416 e. The number of nitrogens with one attached hydrogen (secondary N) is 1. The molecule has 2 amide bonds. The standard InChI is InChI=1S/C25H30F3N5O2/c1-16-30-22(17-2-4-19(5-3-17)25(26,27)28)13-23(31-16)21-15-33-7-6-18(21)12-20(33)14-29-24(34)32-8-10-35-11-9-32/h2-5,13,18,20-21H,6-12,14-15H2,1H3,(H,29,34)/t18-,20+,21+/m0/s1. The molecule has 0 saturated carbocycles. The molecule has 4 saturated heterocycles. The number of hydrogen-bond acceptors (Lipinski definition) is 5. The first-order chi connectivity index (χ1) is 16.8. The minimum absolute atomic E-state index is 0.0277.